The van der Waals surface area contributed by atoms with Crippen LogP contribution in [0.1, 0.15) is 41.3 Å². The van der Waals surface area contributed by atoms with Crippen molar-refractivity contribution in [2.24, 2.45) is 0 Å². The van der Waals surface area contributed by atoms with Gasteiger partial charge in [-0.2, -0.15) is 5.10 Å². The summed E-state index contributed by atoms with van der Waals surface area (Å²) in [5, 5.41) is 15.6. The van der Waals surface area contributed by atoms with Gasteiger partial charge in [0, 0.05) is 37.8 Å². The lowest BCUT2D eigenvalue weighted by molar-refractivity contribution is 0.0897. The monoisotopic (exact) mass is 340 g/mol. The molecule has 130 valence electrons. The van der Waals surface area contributed by atoms with E-state index in [1.807, 2.05) is 18.3 Å². The molecule has 0 aliphatic carbocycles. The zero-order chi connectivity index (χ0) is 17.2. The Morgan fingerprint density at radius 3 is 3.12 bits per heavy atom. The van der Waals surface area contributed by atoms with Crippen molar-refractivity contribution in [1.82, 2.24) is 29.9 Å². The molecule has 8 heteroatoms. The molecule has 0 bridgehead atoms. The first-order valence-electron chi connectivity index (χ1n) is 8.51. The number of nitrogens with one attached hydrogen (secondary N) is 1. The Morgan fingerprint density at radius 2 is 2.32 bits per heavy atom. The first kappa shape index (κ1) is 15.6. The van der Waals surface area contributed by atoms with Crippen molar-refractivity contribution in [1.29, 1.82) is 0 Å². The van der Waals surface area contributed by atoms with E-state index in [0.717, 1.165) is 30.9 Å². The SMILES string of the molecule is CCc1nnc2n1C[C@@H](NC(=O)c1ccc(Cn3cccn3)o1)CC2. The van der Waals surface area contributed by atoms with E-state index in [0.29, 0.717) is 24.6 Å². The second-order valence-electron chi connectivity index (χ2n) is 6.18. The van der Waals surface area contributed by atoms with Gasteiger partial charge in [-0.25, -0.2) is 0 Å². The van der Waals surface area contributed by atoms with Crippen LogP contribution < -0.4 is 5.32 Å². The highest BCUT2D eigenvalue weighted by Crippen LogP contribution is 2.16. The molecule has 4 rings (SSSR count). The van der Waals surface area contributed by atoms with E-state index in [4.69, 9.17) is 4.42 Å². The molecule has 4 heterocycles. The molecule has 0 saturated heterocycles. The minimum atomic E-state index is -0.189. The molecule has 1 atom stereocenters. The summed E-state index contributed by atoms with van der Waals surface area (Å²) in [5.74, 6) is 2.81. The van der Waals surface area contributed by atoms with Crippen molar-refractivity contribution >= 4 is 5.91 Å². The van der Waals surface area contributed by atoms with E-state index in [9.17, 15) is 4.79 Å². The van der Waals surface area contributed by atoms with Gasteiger partial charge in [0.2, 0.25) is 0 Å². The van der Waals surface area contributed by atoms with Crippen molar-refractivity contribution in [3.05, 3.63) is 53.8 Å². The lowest BCUT2D eigenvalue weighted by Crippen LogP contribution is -2.41. The lowest BCUT2D eigenvalue weighted by atomic mass is 10.1. The topological polar surface area (TPSA) is 90.8 Å². The van der Waals surface area contributed by atoms with Crippen LogP contribution in [0.15, 0.2) is 35.0 Å². The minimum Gasteiger partial charge on any atom is -0.454 e. The molecule has 0 unspecified atom stereocenters. The zero-order valence-electron chi connectivity index (χ0n) is 14.1. The summed E-state index contributed by atoms with van der Waals surface area (Å²) < 4.78 is 9.52. The van der Waals surface area contributed by atoms with Crippen LogP contribution in [-0.4, -0.2) is 36.5 Å². The maximum absolute atomic E-state index is 12.5. The van der Waals surface area contributed by atoms with Crippen molar-refractivity contribution in [2.45, 2.75) is 45.3 Å². The highest BCUT2D eigenvalue weighted by molar-refractivity contribution is 5.91. The zero-order valence-corrected chi connectivity index (χ0v) is 14.1. The van der Waals surface area contributed by atoms with Crippen LogP contribution >= 0.6 is 0 Å². The second kappa shape index (κ2) is 6.54. The number of aryl methyl sites for hydroxylation is 2. The van der Waals surface area contributed by atoms with E-state index < -0.39 is 0 Å². The highest BCUT2D eigenvalue weighted by atomic mass is 16.4. The Hall–Kier alpha value is -2.90. The van der Waals surface area contributed by atoms with Crippen molar-refractivity contribution < 1.29 is 9.21 Å². The summed E-state index contributed by atoms with van der Waals surface area (Å²) in [5.41, 5.74) is 0. The number of fused-ring (bicyclic) bond motifs is 1. The summed E-state index contributed by atoms with van der Waals surface area (Å²) in [7, 11) is 0. The highest BCUT2D eigenvalue weighted by Gasteiger charge is 2.24. The molecule has 8 nitrogen and oxygen atoms in total. The van der Waals surface area contributed by atoms with E-state index in [2.05, 4.69) is 32.1 Å². The standard InChI is InChI=1S/C17H20N6O2/c1-2-15-20-21-16-7-4-12(10-23(15)16)19-17(24)14-6-5-13(25-14)11-22-9-3-8-18-22/h3,5-6,8-9,12H,2,4,7,10-11H2,1H3,(H,19,24)/t12-/m0/s1. The molecule has 1 aliphatic heterocycles. The minimum absolute atomic E-state index is 0.0564. The van der Waals surface area contributed by atoms with E-state index in [1.165, 1.54) is 0 Å². The number of hydrogen-bond donors (Lipinski definition) is 1. The number of amides is 1. The molecular formula is C17H20N6O2. The fraction of sp³-hybridized carbons (Fsp3) is 0.412. The Kier molecular flexibility index (Phi) is 4.09. The number of carbonyl (C=O) groups is 1. The van der Waals surface area contributed by atoms with Gasteiger partial charge in [-0.15, -0.1) is 10.2 Å². The molecule has 3 aromatic rings. The van der Waals surface area contributed by atoms with Crippen molar-refractivity contribution in [3.63, 3.8) is 0 Å². The predicted molar refractivity (Wildman–Crippen MR) is 89.0 cm³/mol. The van der Waals surface area contributed by atoms with E-state index >= 15 is 0 Å². The summed E-state index contributed by atoms with van der Waals surface area (Å²) in [4.78, 5) is 12.5. The number of rotatable bonds is 5. The molecule has 1 aliphatic rings. The van der Waals surface area contributed by atoms with Crippen LogP contribution in [0, 0.1) is 0 Å². The van der Waals surface area contributed by atoms with Crippen LogP contribution in [0.3, 0.4) is 0 Å². The van der Waals surface area contributed by atoms with Crippen LogP contribution in [0.2, 0.25) is 0 Å². The summed E-state index contributed by atoms with van der Waals surface area (Å²) in [6.45, 7) is 3.27. The molecule has 1 N–H and O–H groups in total. The third-order valence-electron chi connectivity index (χ3n) is 4.44. The van der Waals surface area contributed by atoms with Crippen LogP contribution in [0.4, 0.5) is 0 Å². The number of nitrogens with zero attached hydrogens (tertiary/aromatic N) is 5. The maximum atomic E-state index is 12.5. The van der Waals surface area contributed by atoms with E-state index in [-0.39, 0.29) is 11.9 Å². The van der Waals surface area contributed by atoms with Gasteiger partial charge in [-0.05, 0) is 24.6 Å². The molecule has 0 saturated carbocycles. The smallest absolute Gasteiger partial charge is 0.287 e. The number of hydrogen-bond acceptors (Lipinski definition) is 5. The van der Waals surface area contributed by atoms with Gasteiger partial charge >= 0.3 is 0 Å². The number of carbonyl (C=O) groups excluding carboxylic acids is 1. The molecule has 0 radical (unpaired) electrons. The summed E-state index contributed by atoms with van der Waals surface area (Å²) >= 11 is 0. The molecule has 25 heavy (non-hydrogen) atoms. The average molecular weight is 340 g/mol. The predicted octanol–water partition coefficient (Wildman–Crippen LogP) is 1.42. The number of aromatic nitrogens is 5. The fourth-order valence-corrected chi connectivity index (χ4v) is 3.16. The Morgan fingerprint density at radius 1 is 1.40 bits per heavy atom. The van der Waals surface area contributed by atoms with Crippen LogP contribution in [-0.2, 0) is 25.9 Å². The third kappa shape index (κ3) is 3.19. The quantitative estimate of drug-likeness (QED) is 0.758. The Balaban J connectivity index is 1.40. The van der Waals surface area contributed by atoms with Gasteiger partial charge in [-0.1, -0.05) is 6.92 Å². The normalized spacial score (nSPS) is 16.6. The van der Waals surface area contributed by atoms with Gasteiger partial charge in [0.05, 0.1) is 6.54 Å². The van der Waals surface area contributed by atoms with E-state index in [1.54, 1.807) is 16.9 Å². The average Bonchev–Trinajstić information content (AvgIpc) is 3.35. The largest absolute Gasteiger partial charge is 0.454 e. The van der Waals surface area contributed by atoms with Gasteiger partial charge in [0.1, 0.15) is 17.4 Å². The first-order valence-corrected chi connectivity index (χ1v) is 8.51. The van der Waals surface area contributed by atoms with Crippen molar-refractivity contribution in [2.75, 3.05) is 0 Å². The Bertz CT molecular complexity index is 850. The van der Waals surface area contributed by atoms with Gasteiger partial charge < -0.3 is 14.3 Å². The molecule has 0 aromatic carbocycles. The molecule has 1 amide bonds. The fourth-order valence-electron chi connectivity index (χ4n) is 3.16. The summed E-state index contributed by atoms with van der Waals surface area (Å²) in [6.07, 6.45) is 6.08. The van der Waals surface area contributed by atoms with Gasteiger partial charge in [-0.3, -0.25) is 9.48 Å². The van der Waals surface area contributed by atoms with Crippen LogP contribution in [0.25, 0.3) is 0 Å². The molecule has 0 spiro atoms. The third-order valence-corrected chi connectivity index (χ3v) is 4.44. The van der Waals surface area contributed by atoms with Gasteiger partial charge in [0.15, 0.2) is 5.76 Å². The number of furan rings is 1. The van der Waals surface area contributed by atoms with Crippen LogP contribution in [0.5, 0.6) is 0 Å². The summed E-state index contributed by atoms with van der Waals surface area (Å²) in [6, 6.07) is 5.42. The second-order valence-corrected chi connectivity index (χ2v) is 6.18. The first-order chi connectivity index (χ1) is 12.2. The lowest BCUT2D eigenvalue weighted by Gasteiger charge is -2.24. The molecule has 0 fully saturated rings. The molecule has 3 aromatic heterocycles. The van der Waals surface area contributed by atoms with Gasteiger partial charge in [0.25, 0.3) is 5.91 Å². The molecular weight excluding hydrogens is 320 g/mol. The maximum Gasteiger partial charge on any atom is 0.287 e. The van der Waals surface area contributed by atoms with Crippen molar-refractivity contribution in [3.8, 4) is 0 Å². The Labute approximate surface area is 144 Å².